The van der Waals surface area contributed by atoms with E-state index in [2.05, 4.69) is 27.2 Å². The van der Waals surface area contributed by atoms with E-state index < -0.39 is 0 Å². The number of rotatable bonds is 8. The first-order valence-electron chi connectivity index (χ1n) is 8.05. The molecule has 8 heteroatoms. The van der Waals surface area contributed by atoms with Crippen molar-refractivity contribution < 1.29 is 4.74 Å². The van der Waals surface area contributed by atoms with E-state index in [1.54, 1.807) is 6.20 Å². The standard InChI is InChI=1S/C15H28N6O.HI/c1-14(13-21-7-3-5-19-21)12-18-15(16)17-4-2-6-20-8-10-22-11-9-20;/h3,5,7,14H,2,4,6,8-13H2,1H3,(H3,16,17,18);1H. The lowest BCUT2D eigenvalue weighted by atomic mass is 10.2. The van der Waals surface area contributed by atoms with E-state index in [0.717, 1.165) is 52.4 Å². The summed E-state index contributed by atoms with van der Waals surface area (Å²) in [5.74, 6) is 0.947. The molecule has 0 radical (unpaired) electrons. The van der Waals surface area contributed by atoms with Crippen molar-refractivity contribution in [3.8, 4) is 0 Å². The molecule has 2 rings (SSSR count). The smallest absolute Gasteiger partial charge is 0.188 e. The molecule has 1 aliphatic rings. The van der Waals surface area contributed by atoms with Crippen molar-refractivity contribution in [2.45, 2.75) is 19.9 Å². The van der Waals surface area contributed by atoms with Gasteiger partial charge in [-0.15, -0.1) is 24.0 Å². The number of aromatic nitrogens is 2. The van der Waals surface area contributed by atoms with Crippen LogP contribution in [0, 0.1) is 5.92 Å². The molecular weight excluding hydrogens is 407 g/mol. The van der Waals surface area contributed by atoms with E-state index in [1.807, 2.05) is 16.9 Å². The summed E-state index contributed by atoms with van der Waals surface area (Å²) in [4.78, 5) is 6.82. The van der Waals surface area contributed by atoms with Crippen molar-refractivity contribution in [2.24, 2.45) is 16.6 Å². The minimum Gasteiger partial charge on any atom is -0.379 e. The minimum absolute atomic E-state index is 0. The summed E-state index contributed by atoms with van der Waals surface area (Å²) < 4.78 is 7.26. The number of nitrogens with zero attached hydrogens (tertiary/aromatic N) is 4. The quantitative estimate of drug-likeness (QED) is 0.272. The van der Waals surface area contributed by atoms with Crippen LogP contribution in [-0.2, 0) is 11.3 Å². The first-order valence-corrected chi connectivity index (χ1v) is 8.05. The second-order valence-electron chi connectivity index (χ2n) is 5.79. The van der Waals surface area contributed by atoms with Crippen LogP contribution in [0.25, 0.3) is 0 Å². The average Bonchev–Trinajstić information content (AvgIpc) is 3.03. The first-order chi connectivity index (χ1) is 10.7. The number of ether oxygens (including phenoxy) is 1. The zero-order valence-electron chi connectivity index (χ0n) is 13.9. The molecule has 1 aromatic heterocycles. The Morgan fingerprint density at radius 3 is 2.91 bits per heavy atom. The number of guanidine groups is 1. The Morgan fingerprint density at radius 2 is 2.22 bits per heavy atom. The number of morpholine rings is 1. The maximum absolute atomic E-state index is 5.90. The molecule has 0 aliphatic carbocycles. The number of halogens is 1. The Hall–Kier alpha value is -0.870. The van der Waals surface area contributed by atoms with Gasteiger partial charge in [0.1, 0.15) is 0 Å². The molecule has 1 fully saturated rings. The van der Waals surface area contributed by atoms with E-state index in [4.69, 9.17) is 10.5 Å². The lowest BCUT2D eigenvalue weighted by Crippen LogP contribution is -2.39. The molecule has 1 unspecified atom stereocenters. The molecule has 0 spiro atoms. The van der Waals surface area contributed by atoms with Gasteiger partial charge in [-0.1, -0.05) is 6.92 Å². The van der Waals surface area contributed by atoms with Gasteiger partial charge in [-0.05, 0) is 24.9 Å². The van der Waals surface area contributed by atoms with E-state index >= 15 is 0 Å². The average molecular weight is 436 g/mol. The highest BCUT2D eigenvalue weighted by atomic mass is 127. The monoisotopic (exact) mass is 436 g/mol. The van der Waals surface area contributed by atoms with Crippen LogP contribution in [-0.4, -0.2) is 66.6 Å². The van der Waals surface area contributed by atoms with Gasteiger partial charge in [0.2, 0.25) is 0 Å². The summed E-state index contributed by atoms with van der Waals surface area (Å²) >= 11 is 0. The van der Waals surface area contributed by atoms with Crippen molar-refractivity contribution in [3.05, 3.63) is 18.5 Å². The lowest BCUT2D eigenvalue weighted by molar-refractivity contribution is 0.0376. The fourth-order valence-electron chi connectivity index (χ4n) is 2.44. The zero-order chi connectivity index (χ0) is 15.6. The van der Waals surface area contributed by atoms with Crippen molar-refractivity contribution >= 4 is 29.9 Å². The normalized spacial score (nSPS) is 17.5. The molecule has 132 valence electrons. The molecule has 2 heterocycles. The lowest BCUT2D eigenvalue weighted by Gasteiger charge is -2.26. The van der Waals surface area contributed by atoms with Crippen LogP contribution in [0.15, 0.2) is 23.5 Å². The molecule has 0 aromatic carbocycles. The van der Waals surface area contributed by atoms with Gasteiger partial charge in [-0.25, -0.2) is 0 Å². The number of nitrogens with two attached hydrogens (primary N) is 1. The van der Waals surface area contributed by atoms with Gasteiger partial charge in [0.05, 0.1) is 13.2 Å². The Morgan fingerprint density at radius 1 is 1.43 bits per heavy atom. The molecular formula is C15H29IN6O. The van der Waals surface area contributed by atoms with Crippen molar-refractivity contribution in [1.82, 2.24) is 20.0 Å². The van der Waals surface area contributed by atoms with Crippen LogP contribution < -0.4 is 11.1 Å². The molecule has 0 amide bonds. The van der Waals surface area contributed by atoms with Crippen LogP contribution in [0.1, 0.15) is 13.3 Å². The van der Waals surface area contributed by atoms with E-state index in [-0.39, 0.29) is 24.0 Å². The topological polar surface area (TPSA) is 80.7 Å². The van der Waals surface area contributed by atoms with Gasteiger partial charge in [0.15, 0.2) is 5.96 Å². The molecule has 7 nitrogen and oxygen atoms in total. The van der Waals surface area contributed by atoms with E-state index in [0.29, 0.717) is 18.4 Å². The van der Waals surface area contributed by atoms with Crippen LogP contribution in [0.3, 0.4) is 0 Å². The van der Waals surface area contributed by atoms with Crippen molar-refractivity contribution in [2.75, 3.05) is 45.9 Å². The highest BCUT2D eigenvalue weighted by molar-refractivity contribution is 14.0. The molecule has 1 saturated heterocycles. The summed E-state index contributed by atoms with van der Waals surface area (Å²) in [6, 6.07) is 1.93. The fourth-order valence-corrected chi connectivity index (χ4v) is 2.44. The highest BCUT2D eigenvalue weighted by Gasteiger charge is 2.09. The van der Waals surface area contributed by atoms with Gasteiger partial charge in [0, 0.05) is 45.1 Å². The Kier molecular flexibility index (Phi) is 10.2. The van der Waals surface area contributed by atoms with Gasteiger partial charge in [-0.2, -0.15) is 5.10 Å². The second kappa shape index (κ2) is 11.6. The second-order valence-corrected chi connectivity index (χ2v) is 5.79. The Labute approximate surface area is 155 Å². The number of nitrogens with one attached hydrogen (secondary N) is 1. The maximum atomic E-state index is 5.90. The van der Waals surface area contributed by atoms with Crippen LogP contribution >= 0.6 is 24.0 Å². The molecule has 1 aliphatic heterocycles. The molecule has 0 saturated carbocycles. The van der Waals surface area contributed by atoms with E-state index in [9.17, 15) is 0 Å². The van der Waals surface area contributed by atoms with Gasteiger partial charge >= 0.3 is 0 Å². The number of aliphatic imine (C=N–C) groups is 1. The largest absolute Gasteiger partial charge is 0.379 e. The van der Waals surface area contributed by atoms with Crippen LogP contribution in [0.2, 0.25) is 0 Å². The van der Waals surface area contributed by atoms with E-state index in [1.165, 1.54) is 0 Å². The Balaban J connectivity index is 0.00000264. The number of hydrogen-bond donors (Lipinski definition) is 2. The molecule has 1 atom stereocenters. The van der Waals surface area contributed by atoms with Gasteiger partial charge < -0.3 is 15.8 Å². The van der Waals surface area contributed by atoms with Crippen LogP contribution in [0.5, 0.6) is 0 Å². The third kappa shape index (κ3) is 8.52. The van der Waals surface area contributed by atoms with Crippen LogP contribution in [0.4, 0.5) is 0 Å². The maximum Gasteiger partial charge on any atom is 0.188 e. The van der Waals surface area contributed by atoms with Gasteiger partial charge in [-0.3, -0.25) is 14.6 Å². The predicted octanol–water partition coefficient (Wildman–Crippen LogP) is 0.764. The van der Waals surface area contributed by atoms with Crippen molar-refractivity contribution in [3.63, 3.8) is 0 Å². The van der Waals surface area contributed by atoms with Crippen molar-refractivity contribution in [1.29, 1.82) is 0 Å². The predicted molar refractivity (Wildman–Crippen MR) is 103 cm³/mol. The summed E-state index contributed by atoms with van der Waals surface area (Å²) in [6.45, 7) is 9.44. The summed E-state index contributed by atoms with van der Waals surface area (Å²) in [5.41, 5.74) is 5.90. The Bertz CT molecular complexity index is 433. The first kappa shape index (κ1) is 20.2. The SMILES string of the molecule is CC(CN=C(N)NCCCN1CCOCC1)Cn1cccn1.I. The minimum atomic E-state index is 0. The molecule has 23 heavy (non-hydrogen) atoms. The number of hydrogen-bond acceptors (Lipinski definition) is 4. The zero-order valence-corrected chi connectivity index (χ0v) is 16.2. The summed E-state index contributed by atoms with van der Waals surface area (Å²) in [5, 5.41) is 7.38. The fraction of sp³-hybridized carbons (Fsp3) is 0.733. The third-order valence-electron chi connectivity index (χ3n) is 3.69. The molecule has 3 N–H and O–H groups in total. The molecule has 0 bridgehead atoms. The third-order valence-corrected chi connectivity index (χ3v) is 3.69. The summed E-state index contributed by atoms with van der Waals surface area (Å²) in [7, 11) is 0. The highest BCUT2D eigenvalue weighted by Crippen LogP contribution is 2.00. The summed E-state index contributed by atoms with van der Waals surface area (Å²) in [6.07, 6.45) is 4.83. The molecule has 1 aromatic rings. The van der Waals surface area contributed by atoms with Gasteiger partial charge in [0.25, 0.3) is 0 Å².